The number of carbonyl (C=O) groups excluding carboxylic acids is 1. The average molecular weight is 306 g/mol. The van der Waals surface area contributed by atoms with Crippen LogP contribution in [0.15, 0.2) is 18.2 Å². The van der Waals surface area contributed by atoms with Gasteiger partial charge in [0.1, 0.15) is 11.5 Å². The second-order valence-corrected chi connectivity index (χ2v) is 5.13. The molecule has 1 atom stereocenters. The SMILES string of the molecule is CCCC(O)(C(=O)OS(=O)(=O)O)c1ccc(O)cc1O. The van der Waals surface area contributed by atoms with Crippen LogP contribution in [-0.4, -0.2) is 34.3 Å². The van der Waals surface area contributed by atoms with Crippen LogP contribution in [-0.2, 0) is 25.0 Å². The highest BCUT2D eigenvalue weighted by atomic mass is 32.3. The predicted octanol–water partition coefficient (Wildman–Crippen LogP) is 0.431. The van der Waals surface area contributed by atoms with Crippen molar-refractivity contribution in [3.8, 4) is 11.5 Å². The molecule has 8 nitrogen and oxygen atoms in total. The first kappa shape index (κ1) is 16.2. The van der Waals surface area contributed by atoms with Crippen LogP contribution < -0.4 is 0 Å². The summed E-state index contributed by atoms with van der Waals surface area (Å²) in [5.41, 5.74) is -2.81. The smallest absolute Gasteiger partial charge is 0.449 e. The average Bonchev–Trinajstić information content (AvgIpc) is 2.26. The second-order valence-electron chi connectivity index (χ2n) is 4.11. The molecular formula is C11H14O8S. The Balaban J connectivity index is 3.30. The van der Waals surface area contributed by atoms with Crippen LogP contribution in [0.3, 0.4) is 0 Å². The molecule has 0 heterocycles. The van der Waals surface area contributed by atoms with Crippen LogP contribution in [0, 0.1) is 0 Å². The van der Waals surface area contributed by atoms with Gasteiger partial charge in [-0.15, -0.1) is 0 Å². The van der Waals surface area contributed by atoms with Crippen LogP contribution in [0.25, 0.3) is 0 Å². The van der Waals surface area contributed by atoms with E-state index in [1.807, 2.05) is 0 Å². The van der Waals surface area contributed by atoms with Crippen molar-refractivity contribution in [3.05, 3.63) is 23.8 Å². The van der Waals surface area contributed by atoms with Gasteiger partial charge < -0.3 is 19.5 Å². The molecule has 0 bridgehead atoms. The molecule has 0 aromatic heterocycles. The number of rotatable bonds is 5. The molecule has 0 amide bonds. The Kier molecular flexibility index (Phi) is 4.58. The number of hydrogen-bond acceptors (Lipinski definition) is 7. The van der Waals surface area contributed by atoms with Crippen LogP contribution in [0.2, 0.25) is 0 Å². The molecule has 0 aliphatic rings. The third-order valence-corrected chi connectivity index (χ3v) is 2.92. The molecule has 1 aromatic rings. The zero-order chi connectivity index (χ0) is 15.6. The zero-order valence-electron chi connectivity index (χ0n) is 10.5. The highest BCUT2D eigenvalue weighted by Gasteiger charge is 2.43. The van der Waals surface area contributed by atoms with Gasteiger partial charge >= 0.3 is 16.4 Å². The van der Waals surface area contributed by atoms with Gasteiger partial charge in [0.2, 0.25) is 0 Å². The van der Waals surface area contributed by atoms with Gasteiger partial charge in [-0.25, -0.2) is 4.79 Å². The monoisotopic (exact) mass is 306 g/mol. The van der Waals surface area contributed by atoms with Crippen molar-refractivity contribution in [2.24, 2.45) is 0 Å². The molecule has 0 spiro atoms. The molecule has 0 saturated carbocycles. The number of phenolic OH excluding ortho intramolecular Hbond substituents is 2. The summed E-state index contributed by atoms with van der Waals surface area (Å²) in [6.45, 7) is 1.60. The number of phenols is 2. The lowest BCUT2D eigenvalue weighted by Gasteiger charge is -2.25. The maximum absolute atomic E-state index is 11.7. The summed E-state index contributed by atoms with van der Waals surface area (Å²) in [4.78, 5) is 11.7. The van der Waals surface area contributed by atoms with Crippen LogP contribution in [0.1, 0.15) is 25.3 Å². The Labute approximate surface area is 115 Å². The summed E-state index contributed by atoms with van der Waals surface area (Å²) in [6, 6.07) is 3.01. The van der Waals surface area contributed by atoms with Crippen molar-refractivity contribution in [2.75, 3.05) is 0 Å². The molecule has 1 rings (SSSR count). The van der Waals surface area contributed by atoms with Gasteiger partial charge in [0, 0.05) is 11.6 Å². The highest BCUT2D eigenvalue weighted by Crippen LogP contribution is 2.36. The molecule has 4 N–H and O–H groups in total. The van der Waals surface area contributed by atoms with Crippen LogP contribution in [0.4, 0.5) is 0 Å². The molecule has 0 saturated heterocycles. The molecule has 0 fully saturated rings. The fourth-order valence-electron chi connectivity index (χ4n) is 1.74. The first-order chi connectivity index (χ1) is 9.10. The Morgan fingerprint density at radius 2 is 1.95 bits per heavy atom. The Hall–Kier alpha value is -1.84. The second kappa shape index (κ2) is 5.65. The molecule has 9 heteroatoms. The van der Waals surface area contributed by atoms with Crippen molar-refractivity contribution in [3.63, 3.8) is 0 Å². The van der Waals surface area contributed by atoms with Crippen LogP contribution >= 0.6 is 0 Å². The van der Waals surface area contributed by atoms with Crippen LogP contribution in [0.5, 0.6) is 11.5 Å². The molecule has 0 aliphatic heterocycles. The fraction of sp³-hybridized carbons (Fsp3) is 0.364. The van der Waals surface area contributed by atoms with E-state index in [4.69, 9.17) is 9.66 Å². The van der Waals surface area contributed by atoms with E-state index in [0.29, 0.717) is 0 Å². The predicted molar refractivity (Wildman–Crippen MR) is 66.2 cm³/mol. The van der Waals surface area contributed by atoms with E-state index in [1.165, 1.54) is 0 Å². The number of benzene rings is 1. The molecular weight excluding hydrogens is 292 g/mol. The summed E-state index contributed by atoms with van der Waals surface area (Å²) >= 11 is 0. The minimum absolute atomic E-state index is 0.247. The number of carbonyl (C=O) groups is 1. The summed E-state index contributed by atoms with van der Waals surface area (Å²) in [5, 5.41) is 29.1. The van der Waals surface area contributed by atoms with Gasteiger partial charge in [-0.1, -0.05) is 13.3 Å². The number of aromatic hydroxyl groups is 2. The maximum atomic E-state index is 11.7. The lowest BCUT2D eigenvalue weighted by Crippen LogP contribution is -2.38. The lowest BCUT2D eigenvalue weighted by atomic mass is 9.88. The maximum Gasteiger partial charge on any atom is 0.449 e. The number of hydrogen-bond donors (Lipinski definition) is 4. The third-order valence-electron chi connectivity index (χ3n) is 2.56. The van der Waals surface area contributed by atoms with Crippen molar-refractivity contribution in [1.29, 1.82) is 0 Å². The van der Waals surface area contributed by atoms with E-state index < -0.39 is 27.7 Å². The fourth-order valence-corrected chi connectivity index (χ4v) is 2.07. The summed E-state index contributed by atoms with van der Waals surface area (Å²) in [5.74, 6) is -2.58. The lowest BCUT2D eigenvalue weighted by molar-refractivity contribution is -0.157. The van der Waals surface area contributed by atoms with Crippen molar-refractivity contribution >= 4 is 16.4 Å². The molecule has 112 valence electrons. The van der Waals surface area contributed by atoms with E-state index in [1.54, 1.807) is 6.92 Å². The molecule has 0 aliphatic carbocycles. The Morgan fingerprint density at radius 3 is 2.40 bits per heavy atom. The molecule has 20 heavy (non-hydrogen) atoms. The van der Waals surface area contributed by atoms with Gasteiger partial charge in [-0.3, -0.25) is 4.55 Å². The molecule has 0 radical (unpaired) electrons. The Morgan fingerprint density at radius 1 is 1.35 bits per heavy atom. The van der Waals surface area contributed by atoms with E-state index in [9.17, 15) is 23.4 Å². The van der Waals surface area contributed by atoms with Crippen molar-refractivity contribution in [1.82, 2.24) is 0 Å². The molecule has 1 aromatic carbocycles. The minimum Gasteiger partial charge on any atom is -0.508 e. The highest BCUT2D eigenvalue weighted by molar-refractivity contribution is 7.81. The Bertz CT molecular complexity index is 609. The molecule has 1 unspecified atom stereocenters. The largest absolute Gasteiger partial charge is 0.508 e. The van der Waals surface area contributed by atoms with Crippen molar-refractivity contribution in [2.45, 2.75) is 25.4 Å². The van der Waals surface area contributed by atoms with Gasteiger partial charge in [-0.2, -0.15) is 8.42 Å². The van der Waals surface area contributed by atoms with Gasteiger partial charge in [0.05, 0.1) is 0 Å². The van der Waals surface area contributed by atoms with E-state index in [2.05, 4.69) is 4.18 Å². The first-order valence-corrected chi connectivity index (χ1v) is 6.93. The summed E-state index contributed by atoms with van der Waals surface area (Å²) in [6.07, 6.45) is -0.0168. The van der Waals surface area contributed by atoms with E-state index in [-0.39, 0.29) is 24.2 Å². The summed E-state index contributed by atoms with van der Waals surface area (Å²) in [7, 11) is -5.09. The van der Waals surface area contributed by atoms with Gasteiger partial charge in [0.25, 0.3) is 0 Å². The van der Waals surface area contributed by atoms with E-state index in [0.717, 1.165) is 18.2 Å². The minimum atomic E-state index is -5.09. The zero-order valence-corrected chi connectivity index (χ0v) is 11.3. The van der Waals surface area contributed by atoms with E-state index >= 15 is 0 Å². The quantitative estimate of drug-likeness (QED) is 0.574. The standard InChI is InChI=1S/C11H14O8S/c1-2-5-11(15,10(14)19-20(16,17)18)8-4-3-7(12)6-9(8)13/h3-4,6,12-13,15H,2,5H2,1H3,(H,16,17,18). The summed E-state index contributed by atoms with van der Waals surface area (Å²) < 4.78 is 33.4. The van der Waals surface area contributed by atoms with Gasteiger partial charge in [0.15, 0.2) is 5.60 Å². The first-order valence-electron chi connectivity index (χ1n) is 5.56. The topological polar surface area (TPSA) is 141 Å². The van der Waals surface area contributed by atoms with Gasteiger partial charge in [-0.05, 0) is 18.6 Å². The third kappa shape index (κ3) is 3.59. The normalized spacial score (nSPS) is 14.6. The van der Waals surface area contributed by atoms with Crippen molar-refractivity contribution < 1.29 is 37.3 Å². The number of aliphatic hydroxyl groups is 1.